The van der Waals surface area contributed by atoms with E-state index >= 15 is 0 Å². The summed E-state index contributed by atoms with van der Waals surface area (Å²) in [6.45, 7) is 3.62. The van der Waals surface area contributed by atoms with Gasteiger partial charge in [-0.15, -0.1) is 0 Å². The molecule has 13 heavy (non-hydrogen) atoms. The number of hydrogen-bond acceptors (Lipinski definition) is 1. The Morgan fingerprint density at radius 2 is 1.92 bits per heavy atom. The third-order valence-electron chi connectivity index (χ3n) is 2.15. The molecule has 0 spiro atoms. The first-order valence-electron chi connectivity index (χ1n) is 4.34. The van der Waals surface area contributed by atoms with Crippen molar-refractivity contribution >= 4 is 28.4 Å². The quantitative estimate of drug-likeness (QED) is 0.781. The first kappa shape index (κ1) is 10.7. The fourth-order valence-corrected chi connectivity index (χ4v) is 1.48. The fraction of sp³-hybridized carbons (Fsp3) is 0.364. The van der Waals surface area contributed by atoms with Crippen molar-refractivity contribution in [2.45, 2.75) is 20.3 Å². The summed E-state index contributed by atoms with van der Waals surface area (Å²) in [6, 6.07) is 8.31. The minimum absolute atomic E-state index is 0.139. The van der Waals surface area contributed by atoms with Gasteiger partial charge in [0, 0.05) is 9.49 Å². The van der Waals surface area contributed by atoms with Gasteiger partial charge in [0.15, 0.2) is 0 Å². The van der Waals surface area contributed by atoms with E-state index in [1.54, 1.807) is 6.92 Å². The van der Waals surface area contributed by atoms with Crippen LogP contribution < -0.4 is 0 Å². The van der Waals surface area contributed by atoms with Crippen LogP contribution in [0.4, 0.5) is 0 Å². The molecule has 0 radical (unpaired) electrons. The Hall–Kier alpha value is -0.380. The van der Waals surface area contributed by atoms with Crippen LogP contribution in [-0.4, -0.2) is 5.78 Å². The summed E-state index contributed by atoms with van der Waals surface area (Å²) >= 11 is 2.28. The molecular formula is C11H13IO. The van der Waals surface area contributed by atoms with Gasteiger partial charge in [-0.05, 0) is 53.6 Å². The minimum Gasteiger partial charge on any atom is -0.300 e. The Bertz CT molecular complexity index is 289. The lowest BCUT2D eigenvalue weighted by atomic mass is 9.98. The molecule has 0 N–H and O–H groups in total. The number of hydrogen-bond donors (Lipinski definition) is 0. The van der Waals surface area contributed by atoms with E-state index in [4.69, 9.17) is 0 Å². The smallest absolute Gasteiger partial charge is 0.132 e. The molecule has 0 unspecified atom stereocenters. The molecule has 70 valence electrons. The summed E-state index contributed by atoms with van der Waals surface area (Å²) in [5.74, 6) is 0.401. The Labute approximate surface area is 92.7 Å². The summed E-state index contributed by atoms with van der Waals surface area (Å²) in [4.78, 5) is 11.0. The number of Topliss-reactive ketones (excluding diaryl/α,β-unsaturated/α-hetero) is 1. The van der Waals surface area contributed by atoms with Crippen LogP contribution in [0, 0.1) is 9.49 Å². The molecule has 0 bridgehead atoms. The molecule has 0 amide bonds. The molecule has 0 aliphatic carbocycles. The molecule has 1 atom stereocenters. The zero-order chi connectivity index (χ0) is 9.84. The van der Waals surface area contributed by atoms with Crippen molar-refractivity contribution in [1.82, 2.24) is 0 Å². The van der Waals surface area contributed by atoms with E-state index in [1.807, 2.05) is 6.92 Å². The molecule has 0 heterocycles. The van der Waals surface area contributed by atoms with E-state index in [1.165, 1.54) is 9.13 Å². The van der Waals surface area contributed by atoms with Crippen LogP contribution in [0.15, 0.2) is 24.3 Å². The minimum atomic E-state index is 0.139. The third-order valence-corrected chi connectivity index (χ3v) is 2.87. The lowest BCUT2D eigenvalue weighted by Gasteiger charge is -2.06. The van der Waals surface area contributed by atoms with E-state index in [0.717, 1.165) is 6.42 Å². The SMILES string of the molecule is CC(=O)[C@@H](C)Cc1ccc(I)cc1. The molecule has 1 aromatic carbocycles. The Morgan fingerprint density at radius 1 is 1.38 bits per heavy atom. The largest absolute Gasteiger partial charge is 0.300 e. The number of ketones is 1. The van der Waals surface area contributed by atoms with Gasteiger partial charge in [0.1, 0.15) is 5.78 Å². The van der Waals surface area contributed by atoms with Gasteiger partial charge < -0.3 is 0 Å². The Morgan fingerprint density at radius 3 is 2.38 bits per heavy atom. The number of rotatable bonds is 3. The van der Waals surface area contributed by atoms with Crippen molar-refractivity contribution < 1.29 is 4.79 Å². The van der Waals surface area contributed by atoms with E-state index in [0.29, 0.717) is 0 Å². The predicted molar refractivity (Wildman–Crippen MR) is 62.7 cm³/mol. The molecule has 1 aromatic rings. The fourth-order valence-electron chi connectivity index (χ4n) is 1.12. The number of carbonyl (C=O) groups is 1. The van der Waals surface area contributed by atoms with Crippen LogP contribution >= 0.6 is 22.6 Å². The maximum atomic E-state index is 11.0. The molecule has 0 saturated carbocycles. The summed E-state index contributed by atoms with van der Waals surface area (Å²) in [6.07, 6.45) is 0.853. The van der Waals surface area contributed by atoms with Crippen LogP contribution in [0.3, 0.4) is 0 Å². The average molecular weight is 288 g/mol. The molecule has 0 aliphatic heterocycles. The molecule has 1 nitrogen and oxygen atoms in total. The van der Waals surface area contributed by atoms with Crippen molar-refractivity contribution in [1.29, 1.82) is 0 Å². The zero-order valence-electron chi connectivity index (χ0n) is 7.88. The first-order valence-corrected chi connectivity index (χ1v) is 5.42. The zero-order valence-corrected chi connectivity index (χ0v) is 10.0. The van der Waals surface area contributed by atoms with Gasteiger partial charge in [-0.25, -0.2) is 0 Å². The summed E-state index contributed by atoms with van der Waals surface area (Å²) in [5, 5.41) is 0. The van der Waals surface area contributed by atoms with Gasteiger partial charge >= 0.3 is 0 Å². The maximum Gasteiger partial charge on any atom is 0.132 e. The monoisotopic (exact) mass is 288 g/mol. The van der Waals surface area contributed by atoms with Gasteiger partial charge in [-0.2, -0.15) is 0 Å². The van der Waals surface area contributed by atoms with Crippen molar-refractivity contribution in [3.05, 3.63) is 33.4 Å². The predicted octanol–water partition coefficient (Wildman–Crippen LogP) is 3.06. The molecule has 0 fully saturated rings. The van der Waals surface area contributed by atoms with Crippen molar-refractivity contribution in [3.63, 3.8) is 0 Å². The van der Waals surface area contributed by atoms with Crippen LogP contribution in [0.1, 0.15) is 19.4 Å². The highest BCUT2D eigenvalue weighted by atomic mass is 127. The molecule has 0 aromatic heterocycles. The first-order chi connectivity index (χ1) is 6.09. The molecule has 2 heteroatoms. The number of benzene rings is 1. The number of halogens is 1. The van der Waals surface area contributed by atoms with Gasteiger partial charge in [-0.1, -0.05) is 19.1 Å². The van der Waals surface area contributed by atoms with E-state index in [9.17, 15) is 4.79 Å². The van der Waals surface area contributed by atoms with Crippen molar-refractivity contribution in [2.75, 3.05) is 0 Å². The molecule has 0 saturated heterocycles. The van der Waals surface area contributed by atoms with E-state index in [2.05, 4.69) is 46.9 Å². The summed E-state index contributed by atoms with van der Waals surface area (Å²) in [7, 11) is 0. The highest BCUT2D eigenvalue weighted by Crippen LogP contribution is 2.11. The normalized spacial score (nSPS) is 12.5. The van der Waals surface area contributed by atoms with Crippen LogP contribution in [0.5, 0.6) is 0 Å². The van der Waals surface area contributed by atoms with Crippen LogP contribution in [0.2, 0.25) is 0 Å². The van der Waals surface area contributed by atoms with Gasteiger partial charge in [0.25, 0.3) is 0 Å². The third kappa shape index (κ3) is 3.46. The summed E-state index contributed by atoms with van der Waals surface area (Å²) < 4.78 is 1.23. The topological polar surface area (TPSA) is 17.1 Å². The van der Waals surface area contributed by atoms with Crippen LogP contribution in [-0.2, 0) is 11.2 Å². The second kappa shape index (κ2) is 4.74. The van der Waals surface area contributed by atoms with Gasteiger partial charge in [0.05, 0.1) is 0 Å². The van der Waals surface area contributed by atoms with Crippen molar-refractivity contribution in [3.8, 4) is 0 Å². The van der Waals surface area contributed by atoms with E-state index in [-0.39, 0.29) is 11.7 Å². The lowest BCUT2D eigenvalue weighted by Crippen LogP contribution is -2.09. The average Bonchev–Trinajstić information content (AvgIpc) is 2.08. The maximum absolute atomic E-state index is 11.0. The Balaban J connectivity index is 2.64. The molecular weight excluding hydrogens is 275 g/mol. The van der Waals surface area contributed by atoms with Crippen molar-refractivity contribution in [2.24, 2.45) is 5.92 Å². The lowest BCUT2D eigenvalue weighted by molar-refractivity contribution is -0.120. The molecule has 0 aliphatic rings. The van der Waals surface area contributed by atoms with E-state index < -0.39 is 0 Å². The highest BCUT2D eigenvalue weighted by Gasteiger charge is 2.07. The molecule has 1 rings (SSSR count). The summed E-state index contributed by atoms with van der Waals surface area (Å²) in [5.41, 5.74) is 1.24. The Kier molecular flexibility index (Phi) is 3.90. The second-order valence-electron chi connectivity index (χ2n) is 3.34. The highest BCUT2D eigenvalue weighted by molar-refractivity contribution is 14.1. The van der Waals surface area contributed by atoms with Gasteiger partial charge in [-0.3, -0.25) is 4.79 Å². The van der Waals surface area contributed by atoms with Gasteiger partial charge in [0.2, 0.25) is 0 Å². The van der Waals surface area contributed by atoms with Crippen LogP contribution in [0.25, 0.3) is 0 Å². The standard InChI is InChI=1S/C11H13IO/c1-8(9(2)13)7-10-3-5-11(12)6-4-10/h3-6,8H,7H2,1-2H3/t8-/m0/s1. The number of carbonyl (C=O) groups excluding carboxylic acids is 1. The second-order valence-corrected chi connectivity index (χ2v) is 4.59.